The van der Waals surface area contributed by atoms with Gasteiger partial charge in [0.25, 0.3) is 0 Å². The summed E-state index contributed by atoms with van der Waals surface area (Å²) in [6, 6.07) is 12.5. The van der Waals surface area contributed by atoms with Crippen molar-refractivity contribution in [3.63, 3.8) is 0 Å². The van der Waals surface area contributed by atoms with Gasteiger partial charge in [0.2, 0.25) is 11.6 Å². The minimum absolute atomic E-state index is 0.0428. The molecule has 1 aliphatic carbocycles. The Bertz CT molecular complexity index is 1340. The van der Waals surface area contributed by atoms with Crippen LogP contribution in [0.2, 0.25) is 10.0 Å². The van der Waals surface area contributed by atoms with Crippen molar-refractivity contribution >= 4 is 57.9 Å². The standard InChI is InChI=1S/C25H28Cl2N8O3/c26-15-1-4-17(18(27)13-15)24-19(34-12-11-33(14-23(34)36)16-2-3-16)5-7-21(31-24)29-9-10-30-22-8-6-20(35(37)38)25(28)32-22/h1,4-8,13,16,35,37H,2-3,9-12,14H2,(H,29,31)(H3,28,30,32). The first-order valence-corrected chi connectivity index (χ1v) is 13.0. The van der Waals surface area contributed by atoms with Crippen molar-refractivity contribution in [3.05, 3.63) is 57.7 Å². The lowest BCUT2D eigenvalue weighted by atomic mass is 10.1. The van der Waals surface area contributed by atoms with E-state index in [0.29, 0.717) is 70.8 Å². The number of amides is 1. The van der Waals surface area contributed by atoms with E-state index in [1.165, 1.54) is 6.07 Å². The fraction of sp³-hybridized carbons (Fsp3) is 0.320. The number of aromatic nitrogens is 2. The Morgan fingerprint density at radius 3 is 2.39 bits per heavy atom. The Labute approximate surface area is 229 Å². The van der Waals surface area contributed by atoms with E-state index in [2.05, 4.69) is 20.5 Å². The molecule has 1 saturated carbocycles. The number of pyridine rings is 2. The predicted octanol–water partition coefficient (Wildman–Crippen LogP) is 2.77. The maximum absolute atomic E-state index is 13.1. The number of benzene rings is 1. The van der Waals surface area contributed by atoms with Crippen LogP contribution in [-0.2, 0) is 4.79 Å². The Hall–Kier alpha value is -3.19. The molecule has 1 amide bonds. The normalized spacial score (nSPS) is 16.9. The molecule has 11 nitrogen and oxygen atoms in total. The molecule has 13 heteroatoms. The second-order valence-corrected chi connectivity index (χ2v) is 10.1. The Morgan fingerprint density at radius 1 is 1.05 bits per heavy atom. The third kappa shape index (κ3) is 5.93. The van der Waals surface area contributed by atoms with E-state index in [1.807, 2.05) is 18.2 Å². The Balaban J connectivity index is 1.31. The number of nitrogens with zero attached hydrogens (tertiary/aromatic N) is 4. The van der Waals surface area contributed by atoms with Gasteiger partial charge in [0.1, 0.15) is 11.6 Å². The average molecular weight is 559 g/mol. The van der Waals surface area contributed by atoms with Crippen LogP contribution in [0, 0.1) is 5.21 Å². The molecule has 3 aromatic rings. The zero-order valence-electron chi connectivity index (χ0n) is 20.5. The van der Waals surface area contributed by atoms with E-state index in [0.717, 1.165) is 19.4 Å². The first kappa shape index (κ1) is 26.4. The molecule has 0 bridgehead atoms. The summed E-state index contributed by atoms with van der Waals surface area (Å²) in [5.74, 6) is 1.07. The molecule has 0 spiro atoms. The second-order valence-electron chi connectivity index (χ2n) is 9.22. The molecular formula is C25H28Cl2N8O3. The number of hydrogen-bond acceptors (Lipinski definition) is 9. The Morgan fingerprint density at radius 2 is 1.76 bits per heavy atom. The van der Waals surface area contributed by atoms with Gasteiger partial charge in [-0.3, -0.25) is 9.69 Å². The smallest absolute Gasteiger partial charge is 0.241 e. The molecule has 6 N–H and O–H groups in total. The molecule has 1 atom stereocenters. The molecule has 2 fully saturated rings. The van der Waals surface area contributed by atoms with Gasteiger partial charge in [-0.15, -0.1) is 0 Å². The molecule has 0 radical (unpaired) electrons. The van der Waals surface area contributed by atoms with Crippen LogP contribution < -0.4 is 26.5 Å². The van der Waals surface area contributed by atoms with Gasteiger partial charge in [-0.2, -0.15) is 5.23 Å². The van der Waals surface area contributed by atoms with Crippen molar-refractivity contribution in [1.82, 2.24) is 14.9 Å². The summed E-state index contributed by atoms with van der Waals surface area (Å²) < 4.78 is 0. The van der Waals surface area contributed by atoms with Crippen LogP contribution in [-0.4, -0.2) is 64.7 Å². The number of hydrogen-bond donors (Lipinski definition) is 5. The fourth-order valence-electron chi connectivity index (χ4n) is 4.48. The number of quaternary nitrogens is 1. The number of carbonyl (C=O) groups is 1. The lowest BCUT2D eigenvalue weighted by Crippen LogP contribution is -2.99. The van der Waals surface area contributed by atoms with Crippen molar-refractivity contribution in [2.75, 3.05) is 54.0 Å². The largest absolute Gasteiger partial charge is 0.595 e. The van der Waals surface area contributed by atoms with Crippen LogP contribution in [0.5, 0.6) is 0 Å². The highest BCUT2D eigenvalue weighted by molar-refractivity contribution is 6.36. The fourth-order valence-corrected chi connectivity index (χ4v) is 4.98. The van der Waals surface area contributed by atoms with Gasteiger partial charge in [-0.1, -0.05) is 23.2 Å². The predicted molar refractivity (Wildman–Crippen MR) is 148 cm³/mol. The van der Waals surface area contributed by atoms with E-state index in [-0.39, 0.29) is 17.4 Å². The molecule has 1 aliphatic heterocycles. The van der Waals surface area contributed by atoms with Gasteiger partial charge < -0.3 is 26.5 Å². The lowest BCUT2D eigenvalue weighted by molar-refractivity contribution is -0.990. The van der Waals surface area contributed by atoms with Crippen LogP contribution in [0.15, 0.2) is 42.5 Å². The number of rotatable bonds is 9. The monoisotopic (exact) mass is 558 g/mol. The molecule has 1 aromatic carbocycles. The summed E-state index contributed by atoms with van der Waals surface area (Å²) >= 11 is 12.7. The number of carbonyl (C=O) groups excluding carboxylic acids is 1. The van der Waals surface area contributed by atoms with E-state index in [9.17, 15) is 10.0 Å². The maximum Gasteiger partial charge on any atom is 0.241 e. The van der Waals surface area contributed by atoms with Gasteiger partial charge in [0.05, 0.1) is 22.9 Å². The lowest BCUT2D eigenvalue weighted by Gasteiger charge is -2.35. The molecule has 5 rings (SSSR count). The highest BCUT2D eigenvalue weighted by atomic mass is 35.5. The molecule has 3 heterocycles. The first-order valence-electron chi connectivity index (χ1n) is 12.3. The summed E-state index contributed by atoms with van der Waals surface area (Å²) in [7, 11) is 0. The first-order chi connectivity index (χ1) is 18.3. The van der Waals surface area contributed by atoms with Gasteiger partial charge in [0.15, 0.2) is 5.82 Å². The van der Waals surface area contributed by atoms with E-state index >= 15 is 0 Å². The number of anilines is 4. The average Bonchev–Trinajstić information content (AvgIpc) is 3.72. The quantitative estimate of drug-likeness (QED) is 0.197. The van der Waals surface area contributed by atoms with Crippen LogP contribution in [0.25, 0.3) is 11.3 Å². The second kappa shape index (κ2) is 11.3. The van der Waals surface area contributed by atoms with Crippen molar-refractivity contribution in [1.29, 1.82) is 0 Å². The zero-order valence-corrected chi connectivity index (χ0v) is 22.0. The van der Waals surface area contributed by atoms with Crippen molar-refractivity contribution in [2.45, 2.75) is 18.9 Å². The molecular weight excluding hydrogens is 531 g/mol. The highest BCUT2D eigenvalue weighted by Crippen LogP contribution is 2.37. The van der Waals surface area contributed by atoms with Crippen molar-refractivity contribution in [2.24, 2.45) is 0 Å². The molecule has 1 unspecified atom stereocenters. The van der Waals surface area contributed by atoms with Gasteiger partial charge in [-0.25, -0.2) is 15.2 Å². The van der Waals surface area contributed by atoms with Gasteiger partial charge >= 0.3 is 0 Å². The van der Waals surface area contributed by atoms with Crippen LogP contribution in [0.1, 0.15) is 12.8 Å². The minimum atomic E-state index is -1.12. The Kier molecular flexibility index (Phi) is 7.84. The summed E-state index contributed by atoms with van der Waals surface area (Å²) in [6.07, 6.45) is 2.32. The topological polar surface area (TPSA) is 147 Å². The van der Waals surface area contributed by atoms with Gasteiger partial charge in [-0.05, 0) is 49.2 Å². The van der Waals surface area contributed by atoms with Crippen molar-refractivity contribution < 1.29 is 15.2 Å². The van der Waals surface area contributed by atoms with Crippen LogP contribution in [0.4, 0.5) is 28.8 Å². The SMILES string of the molecule is Nc1nc(NCCNc2ccc(N3CCN(C4CC4)CC3=O)c(-c3ccc(Cl)cc3Cl)n2)ccc1[NH+]([O-])O. The number of nitrogen functional groups attached to an aromatic ring is 1. The zero-order chi connectivity index (χ0) is 26.8. The van der Waals surface area contributed by atoms with E-state index < -0.39 is 5.23 Å². The highest BCUT2D eigenvalue weighted by Gasteiger charge is 2.35. The molecule has 2 aromatic heterocycles. The summed E-state index contributed by atoms with van der Waals surface area (Å²) in [5.41, 5.74) is 7.65. The molecule has 38 heavy (non-hydrogen) atoms. The molecule has 200 valence electrons. The summed E-state index contributed by atoms with van der Waals surface area (Å²) in [5, 5.41) is 26.4. The third-order valence-electron chi connectivity index (χ3n) is 6.56. The van der Waals surface area contributed by atoms with E-state index in [1.54, 1.807) is 23.1 Å². The van der Waals surface area contributed by atoms with Gasteiger partial charge in [0, 0.05) is 48.9 Å². The van der Waals surface area contributed by atoms with Crippen LogP contribution >= 0.6 is 23.2 Å². The number of nitrogens with one attached hydrogen (secondary N) is 3. The summed E-state index contributed by atoms with van der Waals surface area (Å²) in [6.45, 7) is 2.77. The molecule has 1 saturated heterocycles. The van der Waals surface area contributed by atoms with E-state index in [4.69, 9.17) is 39.1 Å². The molecule has 2 aliphatic rings. The third-order valence-corrected chi connectivity index (χ3v) is 7.10. The van der Waals surface area contributed by atoms with Crippen LogP contribution in [0.3, 0.4) is 0 Å². The summed E-state index contributed by atoms with van der Waals surface area (Å²) in [4.78, 5) is 26.0. The maximum atomic E-state index is 13.1. The minimum Gasteiger partial charge on any atom is -0.595 e. The van der Waals surface area contributed by atoms with Crippen molar-refractivity contribution in [3.8, 4) is 11.3 Å². The number of nitrogens with two attached hydrogens (primary N) is 1. The number of halogens is 2. The number of piperazine rings is 1.